The molecule has 0 aliphatic rings. The lowest BCUT2D eigenvalue weighted by molar-refractivity contribution is 1.36. The van der Waals surface area contributed by atoms with Crippen LogP contribution in [0.4, 0.5) is 0 Å². The third kappa shape index (κ3) is 3.68. The Kier molecular flexibility index (Phi) is 4.57. The molecule has 2 nitrogen and oxygen atoms in total. The quantitative estimate of drug-likeness (QED) is 0.564. The summed E-state index contributed by atoms with van der Waals surface area (Å²) in [5.74, 6) is 0. The van der Waals surface area contributed by atoms with Crippen LogP contribution in [0.3, 0.4) is 0 Å². The second-order valence-electron chi connectivity index (χ2n) is 5.13. The van der Waals surface area contributed by atoms with Gasteiger partial charge in [0.1, 0.15) is 11.1 Å². The highest BCUT2D eigenvalue weighted by Gasteiger charge is 2.09. The molecule has 1 aromatic heterocycles. The Bertz CT molecular complexity index is 884. The van der Waals surface area contributed by atoms with Gasteiger partial charge in [-0.1, -0.05) is 53.6 Å². The van der Waals surface area contributed by atoms with Crippen molar-refractivity contribution in [3.63, 3.8) is 0 Å². The van der Waals surface area contributed by atoms with Crippen LogP contribution in [-0.4, -0.2) is 4.98 Å². The molecule has 0 N–H and O–H groups in total. The van der Waals surface area contributed by atoms with Gasteiger partial charge >= 0.3 is 0 Å². The van der Waals surface area contributed by atoms with E-state index >= 15 is 0 Å². The predicted octanol–water partition coefficient (Wildman–Crippen LogP) is 5.84. The fourth-order valence-electron chi connectivity index (χ4n) is 2.12. The second-order valence-corrected chi connectivity index (χ2v) is 6.42. The minimum Gasteiger partial charge on any atom is -0.235 e. The Morgan fingerprint density at radius 2 is 1.83 bits per heavy atom. The molecule has 2 aromatic carbocycles. The van der Waals surface area contributed by atoms with E-state index in [4.69, 9.17) is 11.6 Å². The average Bonchev–Trinajstić information content (AvgIpc) is 3.05. The summed E-state index contributed by atoms with van der Waals surface area (Å²) in [5.41, 5.74) is 4.64. The van der Waals surface area contributed by atoms with Crippen LogP contribution in [0.2, 0.25) is 5.02 Å². The molecule has 0 saturated carbocycles. The lowest BCUT2D eigenvalue weighted by Crippen LogP contribution is -1.83. The van der Waals surface area contributed by atoms with E-state index in [1.165, 1.54) is 16.9 Å². The third-order valence-corrected chi connectivity index (χ3v) is 4.51. The zero-order valence-electron chi connectivity index (χ0n) is 12.5. The van der Waals surface area contributed by atoms with Crippen molar-refractivity contribution in [1.29, 1.82) is 5.26 Å². The zero-order chi connectivity index (χ0) is 16.2. The number of nitrogens with zero attached hydrogens (tertiary/aromatic N) is 2. The number of rotatable bonds is 3. The van der Waals surface area contributed by atoms with Gasteiger partial charge in [0.05, 0.1) is 11.3 Å². The number of aromatic nitrogens is 1. The molecule has 0 aliphatic carbocycles. The van der Waals surface area contributed by atoms with E-state index in [2.05, 4.69) is 30.1 Å². The van der Waals surface area contributed by atoms with Gasteiger partial charge in [-0.3, -0.25) is 0 Å². The van der Waals surface area contributed by atoms with Crippen molar-refractivity contribution in [3.05, 3.63) is 75.1 Å². The van der Waals surface area contributed by atoms with Gasteiger partial charge < -0.3 is 0 Å². The van der Waals surface area contributed by atoms with E-state index < -0.39 is 0 Å². The number of hydrogen-bond acceptors (Lipinski definition) is 3. The lowest BCUT2D eigenvalue weighted by Gasteiger charge is -1.98. The minimum atomic E-state index is 0.552. The van der Waals surface area contributed by atoms with Crippen molar-refractivity contribution in [2.24, 2.45) is 0 Å². The highest BCUT2D eigenvalue weighted by atomic mass is 35.5. The van der Waals surface area contributed by atoms with Gasteiger partial charge in [0.2, 0.25) is 0 Å². The molecule has 3 rings (SSSR count). The van der Waals surface area contributed by atoms with Gasteiger partial charge in [0.25, 0.3) is 0 Å². The summed E-state index contributed by atoms with van der Waals surface area (Å²) in [5, 5.41) is 12.8. The Morgan fingerprint density at radius 3 is 2.48 bits per heavy atom. The molecule has 1 heterocycles. The van der Waals surface area contributed by atoms with Crippen LogP contribution >= 0.6 is 22.9 Å². The fourth-order valence-corrected chi connectivity index (χ4v) is 3.04. The van der Waals surface area contributed by atoms with E-state index in [0.29, 0.717) is 10.6 Å². The Hall–Kier alpha value is -2.41. The molecular weight excluding hydrogens is 324 g/mol. The maximum absolute atomic E-state index is 9.43. The number of aryl methyl sites for hydroxylation is 1. The molecule has 0 amide bonds. The van der Waals surface area contributed by atoms with Crippen molar-refractivity contribution in [2.45, 2.75) is 6.92 Å². The van der Waals surface area contributed by atoms with Gasteiger partial charge in [-0.25, -0.2) is 4.98 Å². The van der Waals surface area contributed by atoms with Gasteiger partial charge in [0, 0.05) is 16.0 Å². The molecule has 0 aliphatic heterocycles. The maximum atomic E-state index is 9.43. The molecule has 0 atom stereocenters. The Morgan fingerprint density at radius 1 is 1.13 bits per heavy atom. The molecule has 112 valence electrons. The van der Waals surface area contributed by atoms with Gasteiger partial charge in [-0.2, -0.15) is 5.26 Å². The summed E-state index contributed by atoms with van der Waals surface area (Å²) in [6, 6.07) is 17.8. The first-order chi connectivity index (χ1) is 11.2. The lowest BCUT2D eigenvalue weighted by atomic mass is 10.1. The molecule has 0 fully saturated rings. The van der Waals surface area contributed by atoms with Crippen molar-refractivity contribution in [3.8, 4) is 17.3 Å². The molecule has 23 heavy (non-hydrogen) atoms. The molecule has 4 heteroatoms. The summed E-state index contributed by atoms with van der Waals surface area (Å²) in [6.45, 7) is 2.05. The summed E-state index contributed by atoms with van der Waals surface area (Å²) in [7, 11) is 0. The third-order valence-electron chi connectivity index (χ3n) is 3.38. The van der Waals surface area contributed by atoms with Crippen molar-refractivity contribution in [2.75, 3.05) is 0 Å². The monoisotopic (exact) mass is 336 g/mol. The minimum absolute atomic E-state index is 0.552. The first kappa shape index (κ1) is 15.5. The highest BCUT2D eigenvalue weighted by Crippen LogP contribution is 2.27. The Balaban J connectivity index is 1.92. The van der Waals surface area contributed by atoms with Crippen molar-refractivity contribution < 1.29 is 0 Å². The van der Waals surface area contributed by atoms with E-state index in [9.17, 15) is 5.26 Å². The van der Waals surface area contributed by atoms with E-state index in [1.807, 2.05) is 47.9 Å². The van der Waals surface area contributed by atoms with Crippen LogP contribution in [0.15, 0.2) is 53.9 Å². The van der Waals surface area contributed by atoms with E-state index in [-0.39, 0.29) is 0 Å². The number of benzene rings is 2. The zero-order valence-corrected chi connectivity index (χ0v) is 14.0. The van der Waals surface area contributed by atoms with Crippen LogP contribution < -0.4 is 0 Å². The molecular formula is C19H13ClN2S. The van der Waals surface area contributed by atoms with Gasteiger partial charge in [-0.15, -0.1) is 11.3 Å². The molecule has 0 saturated heterocycles. The molecule has 0 spiro atoms. The molecule has 0 unspecified atom stereocenters. The van der Waals surface area contributed by atoms with Crippen molar-refractivity contribution in [1.82, 2.24) is 4.98 Å². The number of hydrogen-bond donors (Lipinski definition) is 0. The van der Waals surface area contributed by atoms with Gasteiger partial charge in [0.15, 0.2) is 0 Å². The summed E-state index contributed by atoms with van der Waals surface area (Å²) >= 11 is 7.36. The standard InChI is InChI=1S/C19H13ClN2S/c1-13-2-6-15(7-3-13)18-12-23-19(22-18)16(11-21)10-14-4-8-17(20)9-5-14/h2-10,12H,1H3/b16-10-. The number of thiazole rings is 1. The van der Waals surface area contributed by atoms with Crippen LogP contribution in [0.25, 0.3) is 22.9 Å². The van der Waals surface area contributed by atoms with Gasteiger partial charge in [-0.05, 0) is 30.7 Å². The smallest absolute Gasteiger partial charge is 0.134 e. The van der Waals surface area contributed by atoms with Crippen LogP contribution in [0.1, 0.15) is 16.1 Å². The normalized spacial score (nSPS) is 11.3. The average molecular weight is 337 g/mol. The molecule has 3 aromatic rings. The second kappa shape index (κ2) is 6.78. The SMILES string of the molecule is Cc1ccc(-c2csc(/C(C#N)=C\c3ccc(Cl)cc3)n2)cc1. The van der Waals surface area contributed by atoms with E-state index in [0.717, 1.165) is 21.8 Å². The summed E-state index contributed by atoms with van der Waals surface area (Å²) in [6.07, 6.45) is 1.83. The summed E-state index contributed by atoms with van der Waals surface area (Å²) < 4.78 is 0. The van der Waals surface area contributed by atoms with Crippen LogP contribution in [0, 0.1) is 18.3 Å². The maximum Gasteiger partial charge on any atom is 0.134 e. The molecule has 0 radical (unpaired) electrons. The number of allylic oxidation sites excluding steroid dienone is 1. The summed E-state index contributed by atoms with van der Waals surface area (Å²) in [4.78, 5) is 4.60. The van der Waals surface area contributed by atoms with E-state index in [1.54, 1.807) is 0 Å². The highest BCUT2D eigenvalue weighted by molar-refractivity contribution is 7.11. The van der Waals surface area contributed by atoms with Crippen molar-refractivity contribution >= 4 is 34.6 Å². The van der Waals surface area contributed by atoms with Crippen LogP contribution in [0.5, 0.6) is 0 Å². The van der Waals surface area contributed by atoms with Crippen LogP contribution in [-0.2, 0) is 0 Å². The first-order valence-electron chi connectivity index (χ1n) is 7.06. The molecule has 0 bridgehead atoms. The first-order valence-corrected chi connectivity index (χ1v) is 8.32. The predicted molar refractivity (Wildman–Crippen MR) is 97.2 cm³/mol. The largest absolute Gasteiger partial charge is 0.235 e. The topological polar surface area (TPSA) is 36.7 Å². The number of halogens is 1. The Labute approximate surface area is 144 Å². The number of nitriles is 1. The fraction of sp³-hybridized carbons (Fsp3) is 0.0526.